The summed E-state index contributed by atoms with van der Waals surface area (Å²) in [6.45, 7) is 11.5. The van der Waals surface area contributed by atoms with Crippen molar-refractivity contribution in [2.45, 2.75) is 45.4 Å². The molecule has 2 nitrogen and oxygen atoms in total. The average molecular weight is 314 g/mol. The van der Waals surface area contributed by atoms with Crippen LogP contribution in [0.5, 0.6) is 5.75 Å². The van der Waals surface area contributed by atoms with Crippen molar-refractivity contribution in [1.82, 2.24) is 0 Å². The standard InChI is InChI=1S/C19H22O2S/c1-18(2,3)13-9-12(16(20)15-7-6-8-22-15)10-14-17(13)21-11-19(14,4)5/h6-10H,11H2,1-5H3. The van der Waals surface area contributed by atoms with Crippen LogP contribution in [0.4, 0.5) is 0 Å². The fraction of sp³-hybridized carbons (Fsp3) is 0.421. The molecule has 3 rings (SSSR count). The molecule has 0 N–H and O–H groups in total. The lowest BCUT2D eigenvalue weighted by Crippen LogP contribution is -2.19. The smallest absolute Gasteiger partial charge is 0.202 e. The molecular weight excluding hydrogens is 292 g/mol. The largest absolute Gasteiger partial charge is 0.492 e. The molecule has 0 saturated heterocycles. The van der Waals surface area contributed by atoms with Gasteiger partial charge in [0.1, 0.15) is 5.75 Å². The molecule has 0 spiro atoms. The minimum Gasteiger partial charge on any atom is -0.492 e. The molecule has 1 aromatic heterocycles. The third-order valence-electron chi connectivity index (χ3n) is 4.21. The molecule has 0 radical (unpaired) electrons. The van der Waals surface area contributed by atoms with Gasteiger partial charge in [0, 0.05) is 22.1 Å². The highest BCUT2D eigenvalue weighted by atomic mass is 32.1. The molecule has 116 valence electrons. The highest BCUT2D eigenvalue weighted by Crippen LogP contribution is 2.45. The molecular formula is C19H22O2S. The average Bonchev–Trinajstić information content (AvgIpc) is 3.05. The Balaban J connectivity index is 2.20. The van der Waals surface area contributed by atoms with Gasteiger partial charge in [0.05, 0.1) is 11.5 Å². The van der Waals surface area contributed by atoms with Crippen molar-refractivity contribution >= 4 is 17.1 Å². The fourth-order valence-electron chi connectivity index (χ4n) is 2.86. The summed E-state index contributed by atoms with van der Waals surface area (Å²) in [6.07, 6.45) is 0. The number of thiophene rings is 1. The van der Waals surface area contributed by atoms with E-state index in [1.807, 2.05) is 29.6 Å². The van der Waals surface area contributed by atoms with E-state index in [1.54, 1.807) is 0 Å². The SMILES string of the molecule is CC(C)(C)c1cc(C(=O)c2cccs2)cc2c1OCC2(C)C. The zero-order valence-electron chi connectivity index (χ0n) is 13.8. The van der Waals surface area contributed by atoms with E-state index in [1.165, 1.54) is 11.3 Å². The van der Waals surface area contributed by atoms with Crippen molar-refractivity contribution in [2.24, 2.45) is 0 Å². The van der Waals surface area contributed by atoms with Crippen LogP contribution in [0, 0.1) is 0 Å². The van der Waals surface area contributed by atoms with Gasteiger partial charge in [-0.2, -0.15) is 0 Å². The number of fused-ring (bicyclic) bond motifs is 1. The Morgan fingerprint density at radius 1 is 1.27 bits per heavy atom. The second-order valence-electron chi connectivity index (χ2n) is 7.63. The number of hydrogen-bond acceptors (Lipinski definition) is 3. The first kappa shape index (κ1) is 15.3. The fourth-order valence-corrected chi connectivity index (χ4v) is 3.54. The van der Waals surface area contributed by atoms with Gasteiger partial charge in [0.15, 0.2) is 0 Å². The molecule has 0 aliphatic carbocycles. The maximum atomic E-state index is 12.8. The van der Waals surface area contributed by atoms with Gasteiger partial charge in [0.2, 0.25) is 5.78 Å². The maximum Gasteiger partial charge on any atom is 0.202 e. The summed E-state index contributed by atoms with van der Waals surface area (Å²) in [5, 5.41) is 1.94. The third-order valence-corrected chi connectivity index (χ3v) is 5.08. The number of benzene rings is 1. The van der Waals surface area contributed by atoms with E-state index in [4.69, 9.17) is 4.74 Å². The van der Waals surface area contributed by atoms with Crippen LogP contribution in [-0.2, 0) is 10.8 Å². The lowest BCUT2D eigenvalue weighted by molar-refractivity contribution is 0.104. The molecule has 0 amide bonds. The number of ether oxygens (including phenoxy) is 1. The van der Waals surface area contributed by atoms with Crippen molar-refractivity contribution < 1.29 is 9.53 Å². The van der Waals surface area contributed by atoms with Crippen molar-refractivity contribution in [1.29, 1.82) is 0 Å². The molecule has 3 heteroatoms. The minimum atomic E-state index is -0.0593. The Kier molecular flexibility index (Phi) is 3.44. The number of ketones is 1. The molecule has 1 aromatic carbocycles. The van der Waals surface area contributed by atoms with Gasteiger partial charge < -0.3 is 4.74 Å². The molecule has 2 aromatic rings. The number of rotatable bonds is 2. The van der Waals surface area contributed by atoms with Crippen LogP contribution in [0.3, 0.4) is 0 Å². The summed E-state index contributed by atoms with van der Waals surface area (Å²) >= 11 is 1.49. The van der Waals surface area contributed by atoms with Crippen LogP contribution in [-0.4, -0.2) is 12.4 Å². The van der Waals surface area contributed by atoms with Gasteiger partial charge in [-0.05, 0) is 29.0 Å². The summed E-state index contributed by atoms with van der Waals surface area (Å²) in [5.74, 6) is 1.08. The van der Waals surface area contributed by atoms with E-state index in [9.17, 15) is 4.79 Å². The molecule has 0 unspecified atom stereocenters. The van der Waals surface area contributed by atoms with Crippen molar-refractivity contribution in [3.05, 3.63) is 51.2 Å². The van der Waals surface area contributed by atoms with E-state index >= 15 is 0 Å². The van der Waals surface area contributed by atoms with Crippen LogP contribution < -0.4 is 4.74 Å². The van der Waals surface area contributed by atoms with E-state index in [0.717, 1.165) is 27.3 Å². The zero-order valence-corrected chi connectivity index (χ0v) is 14.6. The van der Waals surface area contributed by atoms with E-state index in [2.05, 4.69) is 34.6 Å². The first-order chi connectivity index (χ1) is 10.2. The van der Waals surface area contributed by atoms with Gasteiger partial charge in [0.25, 0.3) is 0 Å². The Morgan fingerprint density at radius 3 is 2.59 bits per heavy atom. The zero-order chi connectivity index (χ0) is 16.1. The lowest BCUT2D eigenvalue weighted by Gasteiger charge is -2.24. The molecule has 0 fully saturated rings. The summed E-state index contributed by atoms with van der Waals surface area (Å²) in [4.78, 5) is 13.6. The summed E-state index contributed by atoms with van der Waals surface area (Å²) in [6, 6.07) is 7.85. The van der Waals surface area contributed by atoms with E-state index in [-0.39, 0.29) is 16.6 Å². The third kappa shape index (κ3) is 2.48. The molecule has 1 aliphatic rings. The quantitative estimate of drug-likeness (QED) is 0.733. The predicted molar refractivity (Wildman–Crippen MR) is 91.4 cm³/mol. The Hall–Kier alpha value is -1.61. The molecule has 0 bridgehead atoms. The summed E-state index contributed by atoms with van der Waals surface area (Å²) in [5.41, 5.74) is 2.93. The lowest BCUT2D eigenvalue weighted by atomic mass is 9.79. The summed E-state index contributed by atoms with van der Waals surface area (Å²) in [7, 11) is 0. The predicted octanol–water partition coefficient (Wildman–Crippen LogP) is 4.95. The van der Waals surface area contributed by atoms with Crippen LogP contribution in [0.25, 0.3) is 0 Å². The Labute approximate surface area is 136 Å². The number of carbonyl (C=O) groups excluding carboxylic acids is 1. The molecule has 0 atom stereocenters. The topological polar surface area (TPSA) is 26.3 Å². The highest BCUT2D eigenvalue weighted by Gasteiger charge is 2.37. The second-order valence-corrected chi connectivity index (χ2v) is 8.58. The van der Waals surface area contributed by atoms with Gasteiger partial charge >= 0.3 is 0 Å². The van der Waals surface area contributed by atoms with Gasteiger partial charge in [-0.15, -0.1) is 11.3 Å². The van der Waals surface area contributed by atoms with Crippen LogP contribution in [0.2, 0.25) is 0 Å². The van der Waals surface area contributed by atoms with Crippen molar-refractivity contribution in [2.75, 3.05) is 6.61 Å². The Bertz CT molecular complexity index is 719. The molecule has 0 saturated carbocycles. The van der Waals surface area contributed by atoms with Crippen molar-refractivity contribution in [3.63, 3.8) is 0 Å². The van der Waals surface area contributed by atoms with E-state index in [0.29, 0.717) is 6.61 Å². The number of hydrogen-bond donors (Lipinski definition) is 0. The normalized spacial score (nSPS) is 16.2. The summed E-state index contributed by atoms with van der Waals surface area (Å²) < 4.78 is 5.99. The van der Waals surface area contributed by atoms with Crippen LogP contribution in [0.1, 0.15) is 61.0 Å². The highest BCUT2D eigenvalue weighted by molar-refractivity contribution is 7.12. The molecule has 1 aliphatic heterocycles. The molecule has 2 heterocycles. The monoisotopic (exact) mass is 314 g/mol. The molecule has 22 heavy (non-hydrogen) atoms. The first-order valence-electron chi connectivity index (χ1n) is 7.60. The number of carbonyl (C=O) groups is 1. The van der Waals surface area contributed by atoms with Gasteiger partial charge in [-0.1, -0.05) is 40.7 Å². The van der Waals surface area contributed by atoms with Gasteiger partial charge in [-0.3, -0.25) is 4.79 Å². The van der Waals surface area contributed by atoms with Crippen LogP contribution in [0.15, 0.2) is 29.6 Å². The maximum absolute atomic E-state index is 12.8. The van der Waals surface area contributed by atoms with Gasteiger partial charge in [-0.25, -0.2) is 0 Å². The van der Waals surface area contributed by atoms with Crippen molar-refractivity contribution in [3.8, 4) is 5.75 Å². The van der Waals surface area contributed by atoms with E-state index < -0.39 is 0 Å². The Morgan fingerprint density at radius 2 is 2.00 bits per heavy atom. The minimum absolute atomic E-state index is 0.0545. The van der Waals surface area contributed by atoms with Crippen LogP contribution >= 0.6 is 11.3 Å². The first-order valence-corrected chi connectivity index (χ1v) is 8.48. The second kappa shape index (κ2) is 4.95.